The predicted octanol–water partition coefficient (Wildman–Crippen LogP) is 1.76. The van der Waals surface area contributed by atoms with E-state index < -0.39 is 0 Å². The van der Waals surface area contributed by atoms with Crippen LogP contribution in [-0.2, 0) is 4.74 Å². The van der Waals surface area contributed by atoms with E-state index in [9.17, 15) is 4.79 Å². The number of ether oxygens (including phenoxy) is 1. The van der Waals surface area contributed by atoms with E-state index in [-0.39, 0.29) is 5.91 Å². The van der Waals surface area contributed by atoms with Gasteiger partial charge in [-0.3, -0.25) is 9.69 Å². The van der Waals surface area contributed by atoms with Crippen LogP contribution >= 0.6 is 0 Å². The zero-order chi connectivity index (χ0) is 18.2. The number of rotatable bonds is 6. The van der Waals surface area contributed by atoms with Crippen LogP contribution in [0.5, 0.6) is 0 Å². The van der Waals surface area contributed by atoms with Crippen molar-refractivity contribution in [3.63, 3.8) is 0 Å². The fourth-order valence-corrected chi connectivity index (χ4v) is 2.71. The number of carbonyl (C=O) groups is 1. The van der Waals surface area contributed by atoms with Gasteiger partial charge in [0.2, 0.25) is 0 Å². The first-order valence-electron chi connectivity index (χ1n) is 8.56. The van der Waals surface area contributed by atoms with E-state index in [1.165, 1.54) is 0 Å². The number of pyridine rings is 1. The number of nitriles is 1. The molecule has 1 aromatic carbocycles. The lowest BCUT2D eigenvalue weighted by molar-refractivity contribution is 0.0383. The zero-order valence-corrected chi connectivity index (χ0v) is 14.4. The Morgan fingerprint density at radius 2 is 2.12 bits per heavy atom. The fourth-order valence-electron chi connectivity index (χ4n) is 2.71. The minimum absolute atomic E-state index is 0.130. The Kier molecular flexibility index (Phi) is 6.14. The number of hydrogen-bond donors (Lipinski definition) is 2. The second-order valence-electron chi connectivity index (χ2n) is 5.96. The van der Waals surface area contributed by atoms with E-state index in [0.29, 0.717) is 23.5 Å². The fraction of sp³-hybridized carbons (Fsp3) is 0.316. The van der Waals surface area contributed by atoms with Gasteiger partial charge >= 0.3 is 0 Å². The van der Waals surface area contributed by atoms with Crippen LogP contribution < -0.4 is 10.6 Å². The maximum Gasteiger partial charge on any atom is 0.251 e. The van der Waals surface area contributed by atoms with Crippen molar-refractivity contribution in [3.05, 3.63) is 53.7 Å². The van der Waals surface area contributed by atoms with Crippen molar-refractivity contribution in [1.29, 1.82) is 5.26 Å². The highest BCUT2D eigenvalue weighted by Crippen LogP contribution is 2.16. The molecule has 0 saturated carbocycles. The molecule has 1 saturated heterocycles. The second kappa shape index (κ2) is 8.94. The summed E-state index contributed by atoms with van der Waals surface area (Å²) in [7, 11) is 0. The van der Waals surface area contributed by atoms with Gasteiger partial charge in [0, 0.05) is 43.6 Å². The summed E-state index contributed by atoms with van der Waals surface area (Å²) in [5, 5.41) is 15.0. The van der Waals surface area contributed by atoms with Crippen molar-refractivity contribution in [2.45, 2.75) is 0 Å². The van der Waals surface area contributed by atoms with E-state index in [4.69, 9.17) is 10.00 Å². The largest absolute Gasteiger partial charge is 0.379 e. The molecular weight excluding hydrogens is 330 g/mol. The van der Waals surface area contributed by atoms with Crippen LogP contribution in [0.4, 0.5) is 11.5 Å². The van der Waals surface area contributed by atoms with Crippen molar-refractivity contribution < 1.29 is 9.53 Å². The van der Waals surface area contributed by atoms with Gasteiger partial charge in [-0.15, -0.1) is 0 Å². The predicted molar refractivity (Wildman–Crippen MR) is 98.3 cm³/mol. The van der Waals surface area contributed by atoms with Crippen LogP contribution in [0.1, 0.15) is 15.9 Å². The van der Waals surface area contributed by atoms with Gasteiger partial charge in [0.05, 0.1) is 24.8 Å². The number of amides is 1. The molecule has 3 rings (SSSR count). The lowest BCUT2D eigenvalue weighted by Gasteiger charge is -2.26. The molecule has 26 heavy (non-hydrogen) atoms. The van der Waals surface area contributed by atoms with Gasteiger partial charge in [0.15, 0.2) is 0 Å². The first-order valence-corrected chi connectivity index (χ1v) is 8.56. The number of nitrogens with zero attached hydrogens (tertiary/aromatic N) is 3. The molecule has 0 radical (unpaired) electrons. The first kappa shape index (κ1) is 17.9. The van der Waals surface area contributed by atoms with Gasteiger partial charge in [-0.1, -0.05) is 6.07 Å². The van der Waals surface area contributed by atoms with Crippen LogP contribution in [0.25, 0.3) is 0 Å². The zero-order valence-electron chi connectivity index (χ0n) is 14.4. The third-order valence-electron chi connectivity index (χ3n) is 4.10. The molecule has 0 atom stereocenters. The van der Waals surface area contributed by atoms with Crippen LogP contribution in [0, 0.1) is 11.3 Å². The summed E-state index contributed by atoms with van der Waals surface area (Å²) < 4.78 is 5.31. The van der Waals surface area contributed by atoms with Crippen LogP contribution in [0.3, 0.4) is 0 Å². The highest BCUT2D eigenvalue weighted by Gasteiger charge is 2.11. The topological polar surface area (TPSA) is 90.3 Å². The maximum atomic E-state index is 12.3. The molecule has 1 fully saturated rings. The highest BCUT2D eigenvalue weighted by molar-refractivity contribution is 5.94. The van der Waals surface area contributed by atoms with E-state index in [0.717, 1.165) is 38.5 Å². The molecule has 2 aromatic rings. The standard InChI is InChI=1S/C19H21N5O2/c20-14-15-2-1-3-17(12-15)23-18-13-16(4-5-21-18)19(25)22-6-7-24-8-10-26-11-9-24/h1-5,12-13H,6-11H2,(H,21,23)(H,22,25). The van der Waals surface area contributed by atoms with Gasteiger partial charge in [-0.25, -0.2) is 4.98 Å². The Hall–Kier alpha value is -2.95. The van der Waals surface area contributed by atoms with E-state index in [1.807, 2.05) is 6.07 Å². The van der Waals surface area contributed by atoms with E-state index in [1.54, 1.807) is 36.5 Å². The normalized spacial score (nSPS) is 14.4. The Bertz CT molecular complexity index is 797. The smallest absolute Gasteiger partial charge is 0.251 e. The van der Waals surface area contributed by atoms with Gasteiger partial charge in [-0.05, 0) is 30.3 Å². The van der Waals surface area contributed by atoms with Crippen molar-refractivity contribution in [2.24, 2.45) is 0 Å². The average molecular weight is 351 g/mol. The molecular formula is C19H21N5O2. The minimum atomic E-state index is -0.130. The number of aromatic nitrogens is 1. The molecule has 1 aliphatic heterocycles. The summed E-state index contributed by atoms with van der Waals surface area (Å²) in [6.45, 7) is 4.71. The molecule has 2 N–H and O–H groups in total. The Balaban J connectivity index is 1.55. The molecule has 0 spiro atoms. The quantitative estimate of drug-likeness (QED) is 0.824. The van der Waals surface area contributed by atoms with Gasteiger partial charge in [0.25, 0.3) is 5.91 Å². The molecule has 1 amide bonds. The number of anilines is 2. The van der Waals surface area contributed by atoms with E-state index >= 15 is 0 Å². The molecule has 2 heterocycles. The third-order valence-corrected chi connectivity index (χ3v) is 4.10. The number of morpholine rings is 1. The minimum Gasteiger partial charge on any atom is -0.379 e. The first-order chi connectivity index (χ1) is 12.7. The summed E-state index contributed by atoms with van der Waals surface area (Å²) >= 11 is 0. The Labute approximate surface area is 152 Å². The van der Waals surface area contributed by atoms with Crippen LogP contribution in [0.2, 0.25) is 0 Å². The van der Waals surface area contributed by atoms with Crippen LogP contribution in [0.15, 0.2) is 42.6 Å². The lowest BCUT2D eigenvalue weighted by Crippen LogP contribution is -2.41. The van der Waals surface area contributed by atoms with Gasteiger partial charge < -0.3 is 15.4 Å². The summed E-state index contributed by atoms with van der Waals surface area (Å²) in [6, 6.07) is 12.6. The number of nitrogens with one attached hydrogen (secondary N) is 2. The van der Waals surface area contributed by atoms with Gasteiger partial charge in [-0.2, -0.15) is 5.26 Å². The SMILES string of the molecule is N#Cc1cccc(Nc2cc(C(=O)NCCN3CCOCC3)ccn2)c1. The monoisotopic (exact) mass is 351 g/mol. The molecule has 0 unspecified atom stereocenters. The second-order valence-corrected chi connectivity index (χ2v) is 5.96. The molecule has 1 aromatic heterocycles. The Morgan fingerprint density at radius 1 is 1.27 bits per heavy atom. The van der Waals surface area contributed by atoms with Crippen molar-refractivity contribution in [3.8, 4) is 6.07 Å². The van der Waals surface area contributed by atoms with Crippen molar-refractivity contribution in [2.75, 3.05) is 44.7 Å². The summed E-state index contributed by atoms with van der Waals surface area (Å²) in [5.74, 6) is 0.426. The highest BCUT2D eigenvalue weighted by atomic mass is 16.5. The molecule has 0 aliphatic carbocycles. The summed E-state index contributed by atoms with van der Waals surface area (Å²) in [6.07, 6.45) is 1.59. The summed E-state index contributed by atoms with van der Waals surface area (Å²) in [5.41, 5.74) is 1.86. The van der Waals surface area contributed by atoms with Crippen molar-refractivity contribution in [1.82, 2.24) is 15.2 Å². The van der Waals surface area contributed by atoms with Crippen molar-refractivity contribution >= 4 is 17.4 Å². The lowest BCUT2D eigenvalue weighted by atomic mass is 10.2. The van der Waals surface area contributed by atoms with Gasteiger partial charge in [0.1, 0.15) is 5.82 Å². The number of hydrogen-bond acceptors (Lipinski definition) is 6. The average Bonchev–Trinajstić information content (AvgIpc) is 2.69. The van der Waals surface area contributed by atoms with E-state index in [2.05, 4.69) is 26.6 Å². The Morgan fingerprint density at radius 3 is 2.92 bits per heavy atom. The van der Waals surface area contributed by atoms with Crippen LogP contribution in [-0.4, -0.2) is 55.2 Å². The molecule has 1 aliphatic rings. The molecule has 134 valence electrons. The maximum absolute atomic E-state index is 12.3. The summed E-state index contributed by atoms with van der Waals surface area (Å²) in [4.78, 5) is 18.8. The molecule has 7 nitrogen and oxygen atoms in total. The number of benzene rings is 1. The third kappa shape index (κ3) is 5.02. The molecule has 7 heteroatoms. The number of carbonyl (C=O) groups excluding carboxylic acids is 1. The molecule has 0 bridgehead atoms.